The van der Waals surface area contributed by atoms with Crippen molar-refractivity contribution in [2.75, 3.05) is 7.11 Å². The normalized spacial score (nSPS) is 16.4. The summed E-state index contributed by atoms with van der Waals surface area (Å²) < 4.78 is 19.0. The summed E-state index contributed by atoms with van der Waals surface area (Å²) in [7, 11) is 1.50. The van der Waals surface area contributed by atoms with Gasteiger partial charge >= 0.3 is 0 Å². The molecule has 1 aromatic carbocycles. The number of hydrogen-bond donors (Lipinski definition) is 0. The van der Waals surface area contributed by atoms with Crippen LogP contribution in [-0.2, 0) is 10.3 Å². The smallest absolute Gasteiger partial charge is 0.235 e. The Bertz CT molecular complexity index is 479. The summed E-state index contributed by atoms with van der Waals surface area (Å²) in [5.41, 5.74) is -0.0252. The van der Waals surface area contributed by atoms with Crippen LogP contribution >= 0.6 is 15.9 Å². The van der Waals surface area contributed by atoms with Crippen LogP contribution in [-0.4, -0.2) is 13.2 Å². The van der Waals surface area contributed by atoms with Gasteiger partial charge < -0.3 is 4.74 Å². The van der Waals surface area contributed by atoms with Crippen molar-refractivity contribution in [1.82, 2.24) is 0 Å². The molecule has 0 amide bonds. The first-order valence-corrected chi connectivity index (χ1v) is 5.55. The lowest BCUT2D eigenvalue weighted by Crippen LogP contribution is -2.06. The lowest BCUT2D eigenvalue weighted by atomic mass is 10.0. The van der Waals surface area contributed by atoms with Crippen molar-refractivity contribution in [1.29, 1.82) is 0 Å². The van der Waals surface area contributed by atoms with Gasteiger partial charge in [0, 0.05) is 5.56 Å². The minimum absolute atomic E-state index is 0.380. The van der Waals surface area contributed by atoms with Gasteiger partial charge in [-0.1, -0.05) is 0 Å². The molecule has 0 heterocycles. The van der Waals surface area contributed by atoms with E-state index >= 15 is 0 Å². The zero-order valence-electron chi connectivity index (χ0n) is 8.59. The maximum absolute atomic E-state index is 13.3. The van der Waals surface area contributed by atoms with Gasteiger partial charge in [-0.2, -0.15) is 4.99 Å². The number of nitrogens with zero attached hydrogens (tertiary/aromatic N) is 1. The van der Waals surface area contributed by atoms with Crippen LogP contribution in [0.4, 0.5) is 4.39 Å². The van der Waals surface area contributed by atoms with Gasteiger partial charge in [-0.25, -0.2) is 9.18 Å². The van der Waals surface area contributed by atoms with E-state index in [0.717, 1.165) is 0 Å². The highest BCUT2D eigenvalue weighted by Gasteiger charge is 2.47. The lowest BCUT2D eigenvalue weighted by Gasteiger charge is -2.14. The SMILES string of the molecule is COc1c(Br)cc(F)cc1C1(N=C=O)CC1. The highest BCUT2D eigenvalue weighted by atomic mass is 79.9. The minimum atomic E-state index is -0.627. The average Bonchev–Trinajstić information content (AvgIpc) is 2.98. The van der Waals surface area contributed by atoms with E-state index in [2.05, 4.69) is 20.9 Å². The van der Waals surface area contributed by atoms with Crippen molar-refractivity contribution in [3.8, 4) is 5.75 Å². The molecular formula is C11H9BrFNO2. The van der Waals surface area contributed by atoms with Crippen LogP contribution in [0.2, 0.25) is 0 Å². The summed E-state index contributed by atoms with van der Waals surface area (Å²) in [4.78, 5) is 14.1. The van der Waals surface area contributed by atoms with Crippen molar-refractivity contribution in [2.45, 2.75) is 18.4 Å². The predicted octanol–water partition coefficient (Wildman–Crippen LogP) is 2.92. The van der Waals surface area contributed by atoms with E-state index < -0.39 is 5.54 Å². The zero-order valence-corrected chi connectivity index (χ0v) is 10.2. The fourth-order valence-electron chi connectivity index (χ4n) is 1.76. The van der Waals surface area contributed by atoms with Crippen molar-refractivity contribution < 1.29 is 13.9 Å². The van der Waals surface area contributed by atoms with Crippen molar-refractivity contribution >= 4 is 22.0 Å². The topological polar surface area (TPSA) is 38.7 Å². The van der Waals surface area contributed by atoms with Crippen LogP contribution < -0.4 is 4.74 Å². The standard InChI is InChI=1S/C11H9BrFNO2/c1-16-10-8(4-7(13)5-9(10)12)11(2-3-11)14-6-15/h4-5H,2-3H2,1H3. The van der Waals surface area contributed by atoms with Gasteiger partial charge in [0.1, 0.15) is 17.1 Å². The van der Waals surface area contributed by atoms with Gasteiger partial charge in [-0.05, 0) is 40.9 Å². The molecule has 5 heteroatoms. The van der Waals surface area contributed by atoms with E-state index in [1.807, 2.05) is 0 Å². The lowest BCUT2D eigenvalue weighted by molar-refractivity contribution is 0.400. The summed E-state index contributed by atoms with van der Waals surface area (Å²) in [6.45, 7) is 0. The molecule has 84 valence electrons. The Balaban J connectivity index is 2.59. The second-order valence-electron chi connectivity index (χ2n) is 3.70. The Morgan fingerprint density at radius 3 is 2.75 bits per heavy atom. The number of halogens is 2. The van der Waals surface area contributed by atoms with Gasteiger partial charge in [0.2, 0.25) is 6.08 Å². The highest BCUT2D eigenvalue weighted by molar-refractivity contribution is 9.10. The molecule has 0 aromatic heterocycles. The van der Waals surface area contributed by atoms with E-state index in [4.69, 9.17) is 4.74 Å². The molecule has 1 aromatic rings. The zero-order chi connectivity index (χ0) is 11.8. The van der Waals surface area contributed by atoms with E-state index in [-0.39, 0.29) is 5.82 Å². The highest BCUT2D eigenvalue weighted by Crippen LogP contribution is 2.53. The molecule has 0 N–H and O–H groups in total. The van der Waals surface area contributed by atoms with Gasteiger partial charge in [0.15, 0.2) is 0 Å². The summed E-state index contributed by atoms with van der Waals surface area (Å²) in [6.07, 6.45) is 2.97. The number of rotatable bonds is 3. The van der Waals surface area contributed by atoms with Gasteiger partial charge in [0.05, 0.1) is 11.6 Å². The third-order valence-electron chi connectivity index (χ3n) is 2.70. The third-order valence-corrected chi connectivity index (χ3v) is 3.29. The molecule has 2 rings (SSSR count). The molecule has 0 spiro atoms. The molecule has 16 heavy (non-hydrogen) atoms. The monoisotopic (exact) mass is 285 g/mol. The molecular weight excluding hydrogens is 277 g/mol. The van der Waals surface area contributed by atoms with E-state index in [1.165, 1.54) is 19.2 Å². The Labute approximate surface area is 100 Å². The Hall–Kier alpha value is -1.19. The Kier molecular flexibility index (Phi) is 2.82. The number of aliphatic imine (C=N–C) groups is 1. The van der Waals surface area contributed by atoms with Gasteiger partial charge in [-0.3, -0.25) is 0 Å². The van der Waals surface area contributed by atoms with Crippen LogP contribution in [0.5, 0.6) is 5.75 Å². The van der Waals surface area contributed by atoms with Crippen LogP contribution in [0.25, 0.3) is 0 Å². The molecule has 1 fully saturated rings. The first kappa shape index (κ1) is 11.3. The fraction of sp³-hybridized carbons (Fsp3) is 0.364. The Morgan fingerprint density at radius 2 is 2.25 bits per heavy atom. The maximum Gasteiger partial charge on any atom is 0.235 e. The number of isocyanates is 1. The minimum Gasteiger partial charge on any atom is -0.495 e. The van der Waals surface area contributed by atoms with Crippen LogP contribution in [0.1, 0.15) is 18.4 Å². The van der Waals surface area contributed by atoms with E-state index in [1.54, 1.807) is 6.08 Å². The van der Waals surface area contributed by atoms with Crippen molar-refractivity contribution in [2.24, 2.45) is 4.99 Å². The first-order chi connectivity index (χ1) is 7.63. The third kappa shape index (κ3) is 1.77. The van der Waals surface area contributed by atoms with Crippen molar-refractivity contribution in [3.63, 3.8) is 0 Å². The number of hydrogen-bond acceptors (Lipinski definition) is 3. The van der Waals surface area contributed by atoms with Crippen LogP contribution in [0.3, 0.4) is 0 Å². The largest absolute Gasteiger partial charge is 0.495 e. The first-order valence-electron chi connectivity index (χ1n) is 4.75. The molecule has 0 atom stereocenters. The molecule has 1 aliphatic carbocycles. The maximum atomic E-state index is 13.3. The summed E-state index contributed by atoms with van der Waals surface area (Å²) in [5.74, 6) is 0.146. The van der Waals surface area contributed by atoms with Crippen LogP contribution in [0, 0.1) is 5.82 Å². The molecule has 0 saturated heterocycles. The van der Waals surface area contributed by atoms with Gasteiger partial charge in [-0.15, -0.1) is 0 Å². The number of carbonyl (C=O) groups excluding carboxylic acids is 1. The molecule has 0 aliphatic heterocycles. The second-order valence-corrected chi connectivity index (χ2v) is 4.56. The summed E-state index contributed by atoms with van der Waals surface area (Å²) in [6, 6.07) is 2.68. The molecule has 1 aliphatic rings. The summed E-state index contributed by atoms with van der Waals surface area (Å²) >= 11 is 3.22. The molecule has 0 bridgehead atoms. The average molecular weight is 286 g/mol. The molecule has 0 unspecified atom stereocenters. The number of benzene rings is 1. The molecule has 1 saturated carbocycles. The van der Waals surface area contributed by atoms with Gasteiger partial charge in [0.25, 0.3) is 0 Å². The van der Waals surface area contributed by atoms with Crippen LogP contribution in [0.15, 0.2) is 21.6 Å². The quantitative estimate of drug-likeness (QED) is 0.633. The summed E-state index contributed by atoms with van der Waals surface area (Å²) in [5, 5.41) is 0. The van der Waals surface area contributed by atoms with Crippen molar-refractivity contribution in [3.05, 3.63) is 28.0 Å². The number of ether oxygens (including phenoxy) is 1. The van der Waals surface area contributed by atoms with E-state index in [9.17, 15) is 9.18 Å². The van der Waals surface area contributed by atoms with E-state index in [0.29, 0.717) is 28.6 Å². The fourth-order valence-corrected chi connectivity index (χ4v) is 2.35. The predicted molar refractivity (Wildman–Crippen MR) is 59.7 cm³/mol. The molecule has 3 nitrogen and oxygen atoms in total. The Morgan fingerprint density at radius 1 is 1.56 bits per heavy atom. The molecule has 0 radical (unpaired) electrons. The second kappa shape index (κ2) is 4.00. The number of methoxy groups -OCH3 is 1.